The lowest BCUT2D eigenvalue weighted by molar-refractivity contribution is -0.118. The first-order valence-electron chi connectivity index (χ1n) is 9.27. The number of nitrogens with one attached hydrogen (secondary N) is 1. The minimum atomic E-state index is -0.286. The Bertz CT molecular complexity index is 1070. The zero-order chi connectivity index (χ0) is 20.9. The summed E-state index contributed by atoms with van der Waals surface area (Å²) in [7, 11) is 0. The van der Waals surface area contributed by atoms with E-state index in [4.69, 9.17) is 4.74 Å². The highest BCUT2D eigenvalue weighted by Gasteiger charge is 2.34. The van der Waals surface area contributed by atoms with E-state index < -0.39 is 0 Å². The molecule has 30 heavy (non-hydrogen) atoms. The quantitative estimate of drug-likeness (QED) is 0.463. The van der Waals surface area contributed by atoms with Crippen molar-refractivity contribution in [2.75, 3.05) is 17.8 Å². The van der Waals surface area contributed by atoms with E-state index in [0.717, 1.165) is 4.90 Å². The zero-order valence-corrected chi connectivity index (χ0v) is 16.7. The molecule has 0 spiro atoms. The number of para-hydroxylation sites is 1. The van der Waals surface area contributed by atoms with Gasteiger partial charge in [0.1, 0.15) is 5.75 Å². The van der Waals surface area contributed by atoms with Gasteiger partial charge in [-0.1, -0.05) is 36.4 Å². The molecule has 0 aliphatic carbocycles. The molecule has 6 nitrogen and oxygen atoms in total. The monoisotopic (exact) mass is 418 g/mol. The van der Waals surface area contributed by atoms with Gasteiger partial charge in [0.2, 0.25) is 0 Å². The predicted molar refractivity (Wildman–Crippen MR) is 115 cm³/mol. The first kappa shape index (κ1) is 19.7. The highest BCUT2D eigenvalue weighted by atomic mass is 32.2. The Morgan fingerprint density at radius 2 is 1.53 bits per heavy atom. The molecule has 150 valence electrons. The summed E-state index contributed by atoms with van der Waals surface area (Å²) >= 11 is 1.35. The molecule has 1 N–H and O–H groups in total. The smallest absolute Gasteiger partial charge is 0.262 e. The van der Waals surface area contributed by atoms with Crippen LogP contribution in [0.25, 0.3) is 0 Å². The number of carbonyl (C=O) groups excluding carboxylic acids is 3. The molecular weight excluding hydrogens is 400 g/mol. The molecule has 4 rings (SSSR count). The zero-order valence-electron chi connectivity index (χ0n) is 15.9. The van der Waals surface area contributed by atoms with Gasteiger partial charge in [-0.2, -0.15) is 0 Å². The first-order chi connectivity index (χ1) is 14.6. The topological polar surface area (TPSA) is 75.7 Å². The summed E-state index contributed by atoms with van der Waals surface area (Å²) in [5, 5.41) is 2.79. The number of rotatable bonds is 7. The second-order valence-electron chi connectivity index (χ2n) is 6.54. The van der Waals surface area contributed by atoms with Crippen LogP contribution in [0.2, 0.25) is 0 Å². The van der Waals surface area contributed by atoms with Gasteiger partial charge in [0.15, 0.2) is 6.61 Å². The minimum Gasteiger partial charge on any atom is -0.484 e. The third-order valence-electron chi connectivity index (χ3n) is 4.47. The molecule has 0 radical (unpaired) electrons. The molecule has 0 saturated carbocycles. The maximum absolute atomic E-state index is 12.5. The summed E-state index contributed by atoms with van der Waals surface area (Å²) in [5.41, 5.74) is 1.48. The number of ether oxygens (including phenoxy) is 1. The molecule has 3 aromatic carbocycles. The lowest BCUT2D eigenvalue weighted by Crippen LogP contribution is -2.29. The highest BCUT2D eigenvalue weighted by Crippen LogP contribution is 2.28. The molecular formula is C23H18N2O4S. The van der Waals surface area contributed by atoms with Gasteiger partial charge in [-0.3, -0.25) is 19.3 Å². The van der Waals surface area contributed by atoms with E-state index in [0.29, 0.717) is 22.6 Å². The van der Waals surface area contributed by atoms with Crippen LogP contribution in [0, 0.1) is 0 Å². The van der Waals surface area contributed by atoms with Crippen LogP contribution in [0.15, 0.2) is 83.8 Å². The number of anilines is 1. The van der Waals surface area contributed by atoms with Crippen molar-refractivity contribution in [3.05, 3.63) is 90.0 Å². The normalized spacial score (nSPS) is 12.6. The molecule has 3 amide bonds. The maximum atomic E-state index is 12.5. The van der Waals surface area contributed by atoms with Crippen molar-refractivity contribution in [1.82, 2.24) is 4.90 Å². The van der Waals surface area contributed by atoms with Crippen LogP contribution >= 0.6 is 11.8 Å². The van der Waals surface area contributed by atoms with Crippen LogP contribution in [0.5, 0.6) is 5.75 Å². The standard InChI is InChI=1S/C23H18N2O4S/c26-21(14-29-17-8-2-1-3-9-17)24-16-7-6-10-18(13-16)30-15-25-22(27)19-11-4-5-12-20(19)23(25)28/h1-13H,14-15H2,(H,24,26). The Balaban J connectivity index is 1.33. The van der Waals surface area contributed by atoms with Crippen LogP contribution in [-0.2, 0) is 4.79 Å². The number of hydrogen-bond acceptors (Lipinski definition) is 5. The van der Waals surface area contributed by atoms with Crippen molar-refractivity contribution in [3.8, 4) is 5.75 Å². The number of carbonyl (C=O) groups is 3. The Kier molecular flexibility index (Phi) is 5.81. The average molecular weight is 418 g/mol. The Morgan fingerprint density at radius 3 is 2.23 bits per heavy atom. The van der Waals surface area contributed by atoms with Gasteiger partial charge in [-0.05, 0) is 42.5 Å². The second-order valence-corrected chi connectivity index (χ2v) is 7.55. The van der Waals surface area contributed by atoms with Crippen molar-refractivity contribution in [2.45, 2.75) is 4.90 Å². The van der Waals surface area contributed by atoms with E-state index in [1.54, 1.807) is 54.6 Å². The Hall–Kier alpha value is -3.58. The number of amides is 3. The summed E-state index contributed by atoms with van der Waals surface area (Å²) in [6.45, 7) is -0.101. The van der Waals surface area contributed by atoms with E-state index in [2.05, 4.69) is 5.32 Å². The molecule has 0 unspecified atom stereocenters. The molecule has 0 saturated heterocycles. The molecule has 1 aliphatic heterocycles. The van der Waals surface area contributed by atoms with Gasteiger partial charge >= 0.3 is 0 Å². The van der Waals surface area contributed by atoms with Gasteiger partial charge < -0.3 is 10.1 Å². The van der Waals surface area contributed by atoms with Crippen LogP contribution in [-0.4, -0.2) is 35.1 Å². The number of imide groups is 1. The van der Waals surface area contributed by atoms with Crippen molar-refractivity contribution < 1.29 is 19.1 Å². The summed E-state index contributed by atoms with van der Waals surface area (Å²) in [5.74, 6) is -0.0311. The van der Waals surface area contributed by atoms with Crippen molar-refractivity contribution >= 4 is 35.2 Å². The maximum Gasteiger partial charge on any atom is 0.262 e. The van der Waals surface area contributed by atoms with Crippen LogP contribution in [0.4, 0.5) is 5.69 Å². The fourth-order valence-corrected chi connectivity index (χ4v) is 3.92. The van der Waals surface area contributed by atoms with Gasteiger partial charge in [-0.25, -0.2) is 0 Å². The summed E-state index contributed by atoms with van der Waals surface area (Å²) in [6, 6.07) is 23.1. The lowest BCUT2D eigenvalue weighted by Gasteiger charge is -2.14. The third kappa shape index (κ3) is 4.36. The molecule has 7 heteroatoms. The predicted octanol–water partition coefficient (Wildman–Crippen LogP) is 4.05. The third-order valence-corrected chi connectivity index (χ3v) is 5.44. The Labute approximate surface area is 177 Å². The van der Waals surface area contributed by atoms with E-state index >= 15 is 0 Å². The lowest BCUT2D eigenvalue weighted by atomic mass is 10.1. The molecule has 0 aromatic heterocycles. The van der Waals surface area contributed by atoms with Crippen molar-refractivity contribution in [3.63, 3.8) is 0 Å². The highest BCUT2D eigenvalue weighted by molar-refractivity contribution is 7.99. The number of benzene rings is 3. The van der Waals surface area contributed by atoms with Gasteiger partial charge in [0.25, 0.3) is 17.7 Å². The molecule has 1 aliphatic rings. The largest absolute Gasteiger partial charge is 0.484 e. The van der Waals surface area contributed by atoms with Gasteiger partial charge in [-0.15, -0.1) is 11.8 Å². The van der Waals surface area contributed by atoms with E-state index in [-0.39, 0.29) is 30.2 Å². The van der Waals surface area contributed by atoms with Crippen molar-refractivity contribution in [1.29, 1.82) is 0 Å². The average Bonchev–Trinajstić information content (AvgIpc) is 3.02. The van der Waals surface area contributed by atoms with E-state index in [1.165, 1.54) is 16.7 Å². The van der Waals surface area contributed by atoms with Crippen LogP contribution < -0.4 is 10.1 Å². The van der Waals surface area contributed by atoms with Crippen molar-refractivity contribution in [2.24, 2.45) is 0 Å². The molecule has 1 heterocycles. The van der Waals surface area contributed by atoms with Gasteiger partial charge in [0.05, 0.1) is 17.0 Å². The summed E-state index contributed by atoms with van der Waals surface area (Å²) < 4.78 is 5.44. The molecule has 0 fully saturated rings. The number of thioether (sulfide) groups is 1. The number of fused-ring (bicyclic) bond motifs is 1. The number of hydrogen-bond donors (Lipinski definition) is 1. The van der Waals surface area contributed by atoms with Crippen LogP contribution in [0.1, 0.15) is 20.7 Å². The summed E-state index contributed by atoms with van der Waals surface area (Å²) in [4.78, 5) is 39.1. The summed E-state index contributed by atoms with van der Waals surface area (Å²) in [6.07, 6.45) is 0. The molecule has 0 bridgehead atoms. The number of nitrogens with zero attached hydrogens (tertiary/aromatic N) is 1. The molecule has 0 atom stereocenters. The van der Waals surface area contributed by atoms with Crippen LogP contribution in [0.3, 0.4) is 0 Å². The van der Waals surface area contributed by atoms with E-state index in [1.807, 2.05) is 24.3 Å². The second kappa shape index (κ2) is 8.84. The first-order valence-corrected chi connectivity index (χ1v) is 10.3. The molecule has 3 aromatic rings. The minimum absolute atomic E-state index is 0.101. The fourth-order valence-electron chi connectivity index (χ4n) is 3.02. The fraction of sp³-hybridized carbons (Fsp3) is 0.0870. The van der Waals surface area contributed by atoms with E-state index in [9.17, 15) is 14.4 Å². The SMILES string of the molecule is O=C(COc1ccccc1)Nc1cccc(SCN2C(=O)c3ccccc3C2=O)c1. The Morgan fingerprint density at radius 1 is 0.867 bits per heavy atom. The van der Waals surface area contributed by atoms with Gasteiger partial charge in [0, 0.05) is 10.6 Å².